The number of hydrogen-bond donors (Lipinski definition) is 3. The molecule has 2 aromatic rings. The summed E-state index contributed by atoms with van der Waals surface area (Å²) in [6, 6.07) is 10.6. The number of methoxy groups -OCH3 is 1. The molecule has 130 valence electrons. The Morgan fingerprint density at radius 1 is 1.36 bits per heavy atom. The van der Waals surface area contributed by atoms with Gasteiger partial charge in [0.25, 0.3) is 11.6 Å². The molecular formula is C16H16N4O5. The van der Waals surface area contributed by atoms with E-state index in [1.165, 1.54) is 19.2 Å². The number of rotatable bonds is 7. The minimum atomic E-state index is -0.591. The van der Waals surface area contributed by atoms with Crippen LogP contribution in [0.5, 0.6) is 11.5 Å². The molecule has 0 saturated carbocycles. The number of nitro benzene ring substituents is 1. The van der Waals surface area contributed by atoms with Gasteiger partial charge in [-0.1, -0.05) is 12.1 Å². The minimum Gasteiger partial charge on any atom is -0.507 e. The molecule has 9 nitrogen and oxygen atoms in total. The highest BCUT2D eigenvalue weighted by Gasteiger charge is 2.09. The van der Waals surface area contributed by atoms with Crippen LogP contribution in [0.1, 0.15) is 5.56 Å². The maximum Gasteiger partial charge on any atom is 0.270 e. The molecule has 0 aliphatic carbocycles. The van der Waals surface area contributed by atoms with Crippen LogP contribution in [0.3, 0.4) is 0 Å². The van der Waals surface area contributed by atoms with Gasteiger partial charge in [-0.15, -0.1) is 0 Å². The van der Waals surface area contributed by atoms with Crippen molar-refractivity contribution in [1.29, 1.82) is 0 Å². The topological polar surface area (TPSA) is 126 Å². The normalized spacial score (nSPS) is 10.4. The summed E-state index contributed by atoms with van der Waals surface area (Å²) in [5, 5.41) is 26.9. The van der Waals surface area contributed by atoms with Gasteiger partial charge in [0.1, 0.15) is 11.5 Å². The number of anilines is 1. The number of nitrogens with zero attached hydrogens (tertiary/aromatic N) is 2. The van der Waals surface area contributed by atoms with Crippen LogP contribution in [0.25, 0.3) is 0 Å². The van der Waals surface area contributed by atoms with E-state index in [0.717, 1.165) is 12.3 Å². The average Bonchev–Trinajstić information content (AvgIpc) is 2.61. The molecular weight excluding hydrogens is 328 g/mol. The highest BCUT2D eigenvalue weighted by Crippen LogP contribution is 2.22. The molecule has 0 unspecified atom stereocenters. The molecule has 0 fully saturated rings. The van der Waals surface area contributed by atoms with E-state index in [1.54, 1.807) is 24.3 Å². The standard InChI is InChI=1S/C16H16N4O5/c1-25-15-5-3-2-4-13(15)17-10-16(22)19-18-9-11-8-12(20(23)24)6-7-14(11)21/h2-9,17,21H,10H2,1H3,(H,19,22)/b18-9+. The van der Waals surface area contributed by atoms with E-state index < -0.39 is 10.8 Å². The summed E-state index contributed by atoms with van der Waals surface area (Å²) in [6.45, 7) is -0.0569. The van der Waals surface area contributed by atoms with Gasteiger partial charge in [0, 0.05) is 17.7 Å². The Hall–Kier alpha value is -3.62. The first kappa shape index (κ1) is 17.7. The minimum absolute atomic E-state index is 0.0569. The van der Waals surface area contributed by atoms with Crippen LogP contribution in [-0.2, 0) is 4.79 Å². The van der Waals surface area contributed by atoms with Crippen molar-refractivity contribution in [2.45, 2.75) is 0 Å². The number of phenols is 1. The molecule has 0 heterocycles. The molecule has 0 aliphatic heterocycles. The van der Waals surface area contributed by atoms with Crippen LogP contribution in [0.2, 0.25) is 0 Å². The number of benzene rings is 2. The summed E-state index contributed by atoms with van der Waals surface area (Å²) >= 11 is 0. The van der Waals surface area contributed by atoms with Crippen LogP contribution < -0.4 is 15.5 Å². The van der Waals surface area contributed by atoms with E-state index in [9.17, 15) is 20.0 Å². The summed E-state index contributed by atoms with van der Waals surface area (Å²) in [6.07, 6.45) is 1.13. The Bertz CT molecular complexity index is 807. The van der Waals surface area contributed by atoms with Gasteiger partial charge in [0.05, 0.1) is 30.5 Å². The molecule has 0 radical (unpaired) electrons. The smallest absolute Gasteiger partial charge is 0.270 e. The van der Waals surface area contributed by atoms with Crippen LogP contribution in [0.15, 0.2) is 47.6 Å². The van der Waals surface area contributed by atoms with Crippen molar-refractivity contribution in [3.05, 3.63) is 58.1 Å². The third-order valence-electron chi connectivity index (χ3n) is 3.16. The maximum atomic E-state index is 11.8. The Balaban J connectivity index is 1.92. The average molecular weight is 344 g/mol. The second-order valence-electron chi connectivity index (χ2n) is 4.85. The number of aromatic hydroxyl groups is 1. The van der Waals surface area contributed by atoms with Gasteiger partial charge in [0.15, 0.2) is 0 Å². The Kier molecular flexibility index (Phi) is 5.88. The van der Waals surface area contributed by atoms with E-state index in [4.69, 9.17) is 4.74 Å². The monoisotopic (exact) mass is 344 g/mol. The van der Waals surface area contributed by atoms with Crippen LogP contribution in [0, 0.1) is 10.1 Å². The quantitative estimate of drug-likeness (QED) is 0.400. The fraction of sp³-hybridized carbons (Fsp3) is 0.125. The molecule has 3 N–H and O–H groups in total. The van der Waals surface area contributed by atoms with Gasteiger partial charge in [-0.3, -0.25) is 14.9 Å². The highest BCUT2D eigenvalue weighted by molar-refractivity contribution is 5.87. The summed E-state index contributed by atoms with van der Waals surface area (Å²) in [5.74, 6) is -0.0249. The van der Waals surface area contributed by atoms with Gasteiger partial charge in [-0.05, 0) is 18.2 Å². The Labute approximate surface area is 143 Å². The summed E-state index contributed by atoms with van der Waals surface area (Å²) in [7, 11) is 1.52. The lowest BCUT2D eigenvalue weighted by molar-refractivity contribution is -0.384. The number of carbonyl (C=O) groups excluding carboxylic acids is 1. The van der Waals surface area contributed by atoms with Crippen molar-refractivity contribution >= 4 is 23.5 Å². The molecule has 9 heteroatoms. The van der Waals surface area contributed by atoms with Gasteiger partial charge in [-0.2, -0.15) is 5.10 Å². The van der Waals surface area contributed by atoms with Crippen LogP contribution >= 0.6 is 0 Å². The summed E-state index contributed by atoms with van der Waals surface area (Å²) in [5.41, 5.74) is 2.84. The van der Waals surface area contributed by atoms with E-state index in [-0.39, 0.29) is 23.5 Å². The third kappa shape index (κ3) is 4.93. The first-order chi connectivity index (χ1) is 12.0. The lowest BCUT2D eigenvalue weighted by Gasteiger charge is -2.09. The number of phenolic OH excluding ortho intramolecular Hbond substituents is 1. The number of carbonyl (C=O) groups is 1. The predicted octanol–water partition coefficient (Wildman–Crippen LogP) is 1.87. The van der Waals surface area contributed by atoms with E-state index in [0.29, 0.717) is 11.4 Å². The second kappa shape index (κ2) is 8.29. The van der Waals surface area contributed by atoms with Crippen LogP contribution in [0.4, 0.5) is 11.4 Å². The highest BCUT2D eigenvalue weighted by atomic mass is 16.6. The van der Waals surface area contributed by atoms with E-state index >= 15 is 0 Å². The fourth-order valence-electron chi connectivity index (χ4n) is 1.94. The third-order valence-corrected chi connectivity index (χ3v) is 3.16. The Morgan fingerprint density at radius 3 is 2.84 bits per heavy atom. The summed E-state index contributed by atoms with van der Waals surface area (Å²) < 4.78 is 5.15. The number of para-hydroxylation sites is 2. The number of nitro groups is 1. The van der Waals surface area contributed by atoms with Gasteiger partial charge in [-0.25, -0.2) is 5.43 Å². The predicted molar refractivity (Wildman–Crippen MR) is 92.0 cm³/mol. The van der Waals surface area contributed by atoms with Crippen molar-refractivity contribution in [3.63, 3.8) is 0 Å². The van der Waals surface area contributed by atoms with E-state index in [2.05, 4.69) is 15.8 Å². The van der Waals surface area contributed by atoms with E-state index in [1.807, 2.05) is 0 Å². The zero-order valence-corrected chi connectivity index (χ0v) is 13.3. The molecule has 25 heavy (non-hydrogen) atoms. The number of non-ortho nitro benzene ring substituents is 1. The second-order valence-corrected chi connectivity index (χ2v) is 4.85. The molecule has 1 amide bonds. The summed E-state index contributed by atoms with van der Waals surface area (Å²) in [4.78, 5) is 21.9. The zero-order valence-electron chi connectivity index (χ0n) is 13.3. The first-order valence-electron chi connectivity index (χ1n) is 7.17. The van der Waals surface area contributed by atoms with Crippen molar-refractivity contribution in [2.75, 3.05) is 19.0 Å². The Morgan fingerprint density at radius 2 is 2.12 bits per heavy atom. The molecule has 0 saturated heterocycles. The molecule has 0 bridgehead atoms. The maximum absolute atomic E-state index is 11.8. The van der Waals surface area contributed by atoms with Gasteiger partial charge >= 0.3 is 0 Å². The fourth-order valence-corrected chi connectivity index (χ4v) is 1.94. The molecule has 0 spiro atoms. The lowest BCUT2D eigenvalue weighted by Crippen LogP contribution is -2.26. The molecule has 2 aromatic carbocycles. The SMILES string of the molecule is COc1ccccc1NCC(=O)N/N=C/c1cc([N+](=O)[O-])ccc1O. The molecule has 2 rings (SSSR count). The largest absolute Gasteiger partial charge is 0.507 e. The van der Waals surface area contributed by atoms with Crippen molar-refractivity contribution in [1.82, 2.24) is 5.43 Å². The van der Waals surface area contributed by atoms with Crippen molar-refractivity contribution in [3.8, 4) is 11.5 Å². The lowest BCUT2D eigenvalue weighted by atomic mass is 10.2. The molecule has 0 atom stereocenters. The first-order valence-corrected chi connectivity index (χ1v) is 7.17. The van der Waals surface area contributed by atoms with Gasteiger partial charge < -0.3 is 15.2 Å². The zero-order chi connectivity index (χ0) is 18.2. The van der Waals surface area contributed by atoms with Crippen LogP contribution in [-0.4, -0.2) is 35.8 Å². The molecule has 0 aromatic heterocycles. The van der Waals surface area contributed by atoms with Gasteiger partial charge in [0.2, 0.25) is 0 Å². The van der Waals surface area contributed by atoms with Crippen molar-refractivity contribution < 1.29 is 19.6 Å². The number of hydrazone groups is 1. The number of ether oxygens (including phenoxy) is 1. The number of nitrogens with one attached hydrogen (secondary N) is 2. The van der Waals surface area contributed by atoms with Crippen molar-refractivity contribution in [2.24, 2.45) is 5.10 Å². The number of amides is 1. The molecule has 0 aliphatic rings. The number of hydrogen-bond acceptors (Lipinski definition) is 7.